The van der Waals surface area contributed by atoms with Gasteiger partial charge in [0.25, 0.3) is 0 Å². The van der Waals surface area contributed by atoms with Gasteiger partial charge in [0.05, 0.1) is 26.8 Å². The van der Waals surface area contributed by atoms with Gasteiger partial charge in [-0.15, -0.1) is 11.3 Å². The molecule has 0 saturated carbocycles. The third kappa shape index (κ3) is 3.69. The topological polar surface area (TPSA) is 76.5 Å². The average molecular weight is 355 g/mol. The quantitative estimate of drug-likeness (QED) is 0.552. The highest BCUT2D eigenvalue weighted by molar-refractivity contribution is 7.21. The van der Waals surface area contributed by atoms with Gasteiger partial charge in [0.2, 0.25) is 0 Å². The van der Waals surface area contributed by atoms with Crippen LogP contribution in [-0.2, 0) is 9.53 Å². The Morgan fingerprint density at radius 1 is 1.28 bits per heavy atom. The van der Waals surface area contributed by atoms with Crippen molar-refractivity contribution in [3.63, 3.8) is 0 Å². The van der Waals surface area contributed by atoms with E-state index in [2.05, 4.69) is 4.98 Å². The molecule has 0 radical (unpaired) electrons. The Bertz CT molecular complexity index is 913. The lowest BCUT2D eigenvalue weighted by atomic mass is 9.98. The molecule has 0 aliphatic heterocycles. The summed E-state index contributed by atoms with van der Waals surface area (Å²) in [4.78, 5) is 27.5. The number of rotatable bonds is 5. The number of nitrogens with zero attached hydrogens (tertiary/aromatic N) is 1. The van der Waals surface area contributed by atoms with Crippen LogP contribution < -0.4 is 0 Å². The average Bonchev–Trinajstić information content (AvgIpc) is 3.03. The van der Waals surface area contributed by atoms with Gasteiger partial charge in [0, 0.05) is 0 Å². The van der Waals surface area contributed by atoms with E-state index in [0.717, 1.165) is 16.5 Å². The molecule has 0 atom stereocenters. The molecular weight excluding hydrogens is 338 g/mol. The Morgan fingerprint density at radius 2 is 2.04 bits per heavy atom. The number of carbonyl (C=O) groups excluding carboxylic acids is 2. The van der Waals surface area contributed by atoms with E-state index in [1.165, 1.54) is 17.4 Å². The third-order valence-electron chi connectivity index (χ3n) is 3.65. The van der Waals surface area contributed by atoms with Gasteiger partial charge >= 0.3 is 5.97 Å². The molecule has 3 rings (SSSR count). The molecule has 0 amide bonds. The van der Waals surface area contributed by atoms with Gasteiger partial charge in [-0.25, -0.2) is 9.78 Å². The lowest BCUT2D eigenvalue weighted by Gasteiger charge is -2.16. The van der Waals surface area contributed by atoms with E-state index >= 15 is 0 Å². The fourth-order valence-electron chi connectivity index (χ4n) is 2.20. The van der Waals surface area contributed by atoms with Crippen LogP contribution in [0.5, 0.6) is 5.75 Å². The SMILES string of the molecule is CC(C)(C=O)COC(=O)c1ccc(-c2nc3ccccc3s2)c(O)c1. The van der Waals surface area contributed by atoms with Crippen LogP contribution in [0.15, 0.2) is 42.5 Å². The van der Waals surface area contributed by atoms with Gasteiger partial charge in [-0.3, -0.25) is 0 Å². The van der Waals surface area contributed by atoms with Crippen molar-refractivity contribution in [2.75, 3.05) is 6.61 Å². The first-order chi connectivity index (χ1) is 11.9. The first kappa shape index (κ1) is 17.1. The number of aromatic hydroxyl groups is 1. The van der Waals surface area contributed by atoms with Crippen LogP contribution >= 0.6 is 11.3 Å². The molecule has 6 heteroatoms. The Morgan fingerprint density at radius 3 is 2.72 bits per heavy atom. The van der Waals surface area contributed by atoms with E-state index in [9.17, 15) is 14.7 Å². The molecular formula is C19H17NO4S. The highest BCUT2D eigenvalue weighted by atomic mass is 32.1. The maximum atomic E-state index is 12.1. The van der Waals surface area contributed by atoms with Gasteiger partial charge in [-0.1, -0.05) is 12.1 Å². The fourth-order valence-corrected chi connectivity index (χ4v) is 3.20. The first-order valence-corrected chi connectivity index (χ1v) is 8.54. The Labute approximate surface area is 148 Å². The first-order valence-electron chi connectivity index (χ1n) is 7.72. The standard InChI is InChI=1S/C19H17NO4S/c1-19(2,10-21)11-24-18(23)12-7-8-13(15(22)9-12)17-20-14-5-3-4-6-16(14)25-17/h3-10,22H,11H2,1-2H3. The van der Waals surface area contributed by atoms with Crippen LogP contribution in [0.4, 0.5) is 0 Å². The number of hydrogen-bond acceptors (Lipinski definition) is 6. The Hall–Kier alpha value is -2.73. The number of aromatic nitrogens is 1. The van der Waals surface area contributed by atoms with E-state index in [0.29, 0.717) is 10.6 Å². The molecule has 3 aromatic rings. The summed E-state index contributed by atoms with van der Waals surface area (Å²) >= 11 is 1.47. The van der Waals surface area contributed by atoms with Crippen molar-refractivity contribution in [3.8, 4) is 16.3 Å². The minimum absolute atomic E-state index is 0.0181. The molecule has 0 aliphatic carbocycles. The fraction of sp³-hybridized carbons (Fsp3) is 0.211. The molecule has 0 saturated heterocycles. The number of carbonyl (C=O) groups is 2. The van der Waals surface area contributed by atoms with Gasteiger partial charge < -0.3 is 14.6 Å². The number of aldehydes is 1. The molecule has 5 nitrogen and oxygen atoms in total. The predicted octanol–water partition coefficient (Wildman–Crippen LogP) is 4.05. The van der Waals surface area contributed by atoms with Crippen molar-refractivity contribution >= 4 is 33.8 Å². The second-order valence-corrected chi connectivity index (χ2v) is 7.43. The van der Waals surface area contributed by atoms with Crippen LogP contribution in [0.2, 0.25) is 0 Å². The number of thiazole rings is 1. The van der Waals surface area contributed by atoms with Gasteiger partial charge in [-0.2, -0.15) is 0 Å². The van der Waals surface area contributed by atoms with Crippen LogP contribution in [0.25, 0.3) is 20.8 Å². The number of phenols is 1. The zero-order chi connectivity index (χ0) is 18.0. The van der Waals surface area contributed by atoms with Crippen molar-refractivity contribution in [3.05, 3.63) is 48.0 Å². The number of para-hydroxylation sites is 1. The Balaban J connectivity index is 1.83. The predicted molar refractivity (Wildman–Crippen MR) is 96.8 cm³/mol. The molecule has 0 fully saturated rings. The molecule has 2 aromatic carbocycles. The molecule has 25 heavy (non-hydrogen) atoms. The number of benzene rings is 2. The van der Waals surface area contributed by atoms with Crippen molar-refractivity contribution in [2.24, 2.45) is 5.41 Å². The minimum Gasteiger partial charge on any atom is -0.507 e. The summed E-state index contributed by atoms with van der Waals surface area (Å²) in [6, 6.07) is 12.3. The lowest BCUT2D eigenvalue weighted by Crippen LogP contribution is -2.23. The maximum Gasteiger partial charge on any atom is 0.338 e. The number of phenolic OH excluding ortho intramolecular Hbond substituents is 1. The zero-order valence-electron chi connectivity index (χ0n) is 13.9. The van der Waals surface area contributed by atoms with Gasteiger partial charge in [-0.05, 0) is 44.2 Å². The summed E-state index contributed by atoms with van der Waals surface area (Å²) in [6.45, 7) is 3.34. The summed E-state index contributed by atoms with van der Waals surface area (Å²) in [7, 11) is 0. The molecule has 128 valence electrons. The summed E-state index contributed by atoms with van der Waals surface area (Å²) in [5, 5.41) is 11.0. The van der Waals surface area contributed by atoms with Crippen LogP contribution in [0, 0.1) is 5.41 Å². The van der Waals surface area contributed by atoms with Crippen molar-refractivity contribution < 1.29 is 19.4 Å². The molecule has 1 aromatic heterocycles. The molecule has 0 spiro atoms. The lowest BCUT2D eigenvalue weighted by molar-refractivity contribution is -0.116. The van der Waals surface area contributed by atoms with E-state index in [1.54, 1.807) is 26.0 Å². The van der Waals surface area contributed by atoms with E-state index in [4.69, 9.17) is 4.74 Å². The van der Waals surface area contributed by atoms with Gasteiger partial charge in [0.15, 0.2) is 0 Å². The number of esters is 1. The van der Waals surface area contributed by atoms with E-state index < -0.39 is 11.4 Å². The summed E-state index contributed by atoms with van der Waals surface area (Å²) in [6.07, 6.45) is 0.744. The number of fused-ring (bicyclic) bond motifs is 1. The highest BCUT2D eigenvalue weighted by Gasteiger charge is 2.20. The number of ether oxygens (including phenoxy) is 1. The molecule has 1 heterocycles. The molecule has 1 N–H and O–H groups in total. The summed E-state index contributed by atoms with van der Waals surface area (Å²) in [5.41, 5.74) is 0.912. The smallest absolute Gasteiger partial charge is 0.338 e. The second-order valence-electron chi connectivity index (χ2n) is 6.40. The largest absolute Gasteiger partial charge is 0.507 e. The van der Waals surface area contributed by atoms with Crippen molar-refractivity contribution in [2.45, 2.75) is 13.8 Å². The molecule has 0 bridgehead atoms. The Kier molecular flexibility index (Phi) is 4.55. The second kappa shape index (κ2) is 6.64. The van der Waals surface area contributed by atoms with Gasteiger partial charge in [0.1, 0.15) is 23.7 Å². The zero-order valence-corrected chi connectivity index (χ0v) is 14.7. The highest BCUT2D eigenvalue weighted by Crippen LogP contribution is 2.35. The van der Waals surface area contributed by atoms with Crippen LogP contribution in [-0.4, -0.2) is 29.0 Å². The number of hydrogen-bond donors (Lipinski definition) is 1. The minimum atomic E-state index is -0.737. The monoisotopic (exact) mass is 355 g/mol. The molecule has 0 aliphatic rings. The normalized spacial score (nSPS) is 11.4. The third-order valence-corrected chi connectivity index (χ3v) is 4.72. The summed E-state index contributed by atoms with van der Waals surface area (Å²) in [5.74, 6) is -0.621. The summed E-state index contributed by atoms with van der Waals surface area (Å²) < 4.78 is 6.16. The molecule has 0 unspecified atom stereocenters. The van der Waals surface area contributed by atoms with Crippen LogP contribution in [0.3, 0.4) is 0 Å². The van der Waals surface area contributed by atoms with E-state index in [-0.39, 0.29) is 17.9 Å². The van der Waals surface area contributed by atoms with E-state index in [1.807, 2.05) is 24.3 Å². The van der Waals surface area contributed by atoms with Crippen molar-refractivity contribution in [1.29, 1.82) is 0 Å². The van der Waals surface area contributed by atoms with Crippen LogP contribution in [0.1, 0.15) is 24.2 Å². The van der Waals surface area contributed by atoms with Crippen molar-refractivity contribution in [1.82, 2.24) is 4.98 Å². The maximum absolute atomic E-state index is 12.1.